The molecule has 4 aromatic rings. The van der Waals surface area contributed by atoms with E-state index >= 15 is 0 Å². The van der Waals surface area contributed by atoms with Crippen LogP contribution in [0.5, 0.6) is 11.5 Å². The van der Waals surface area contributed by atoms with Gasteiger partial charge in [0.1, 0.15) is 11.5 Å². The summed E-state index contributed by atoms with van der Waals surface area (Å²) < 4.78 is 11.4. The van der Waals surface area contributed by atoms with E-state index in [1.165, 1.54) is 0 Å². The van der Waals surface area contributed by atoms with Gasteiger partial charge in [0.15, 0.2) is 0 Å². The lowest BCUT2D eigenvalue weighted by atomic mass is 10.0. The molecule has 0 radical (unpaired) electrons. The predicted octanol–water partition coefficient (Wildman–Crippen LogP) is 5.41. The normalized spacial score (nSPS) is 10.6. The minimum Gasteiger partial charge on any atom is -0.495 e. The molecule has 0 N–H and O–H groups in total. The molecule has 0 atom stereocenters. The summed E-state index contributed by atoms with van der Waals surface area (Å²) in [6.45, 7) is 0. The first-order chi connectivity index (χ1) is 16.5. The number of hydrogen-bond donors (Lipinski definition) is 0. The topological polar surface area (TPSA) is 59.1 Å². The Hall–Kier alpha value is -4.32. The van der Waals surface area contributed by atoms with Crippen LogP contribution in [0, 0.1) is 0 Å². The first-order valence-electron chi connectivity index (χ1n) is 10.8. The molecule has 34 heavy (non-hydrogen) atoms. The third-order valence-corrected chi connectivity index (χ3v) is 5.82. The van der Waals surface area contributed by atoms with Crippen molar-refractivity contribution < 1.29 is 19.1 Å². The zero-order valence-electron chi connectivity index (χ0n) is 19.6. The quantitative estimate of drug-likeness (QED) is 0.391. The molecule has 4 aromatic carbocycles. The zero-order valence-corrected chi connectivity index (χ0v) is 19.6. The SMILES string of the molecule is COc1ccc2ccc(OC)c(N(C)C(=O)c3ccccc3)c2c1N(C)C(=O)c1ccccc1. The van der Waals surface area contributed by atoms with E-state index in [2.05, 4.69) is 0 Å². The van der Waals surface area contributed by atoms with Crippen molar-refractivity contribution in [2.24, 2.45) is 0 Å². The number of methoxy groups -OCH3 is 2. The van der Waals surface area contributed by atoms with Crippen LogP contribution in [0.25, 0.3) is 10.8 Å². The lowest BCUT2D eigenvalue weighted by molar-refractivity contribution is 0.0986. The summed E-state index contributed by atoms with van der Waals surface area (Å²) in [5.41, 5.74) is 2.19. The summed E-state index contributed by atoms with van der Waals surface area (Å²) in [7, 11) is 6.53. The number of nitrogens with zero attached hydrogens (tertiary/aromatic N) is 2. The number of ether oxygens (including phenoxy) is 2. The summed E-state index contributed by atoms with van der Waals surface area (Å²) in [5.74, 6) is 0.623. The molecule has 0 fully saturated rings. The number of carbonyl (C=O) groups excluding carboxylic acids is 2. The van der Waals surface area contributed by atoms with Gasteiger partial charge < -0.3 is 19.3 Å². The number of hydrogen-bond acceptors (Lipinski definition) is 4. The molecule has 6 heteroatoms. The van der Waals surface area contributed by atoms with Crippen molar-refractivity contribution >= 4 is 34.0 Å². The predicted molar refractivity (Wildman–Crippen MR) is 135 cm³/mol. The van der Waals surface area contributed by atoms with Gasteiger partial charge in [0.05, 0.1) is 25.6 Å². The van der Waals surface area contributed by atoms with Crippen LogP contribution in [-0.2, 0) is 0 Å². The van der Waals surface area contributed by atoms with Crippen LogP contribution in [0.4, 0.5) is 11.4 Å². The van der Waals surface area contributed by atoms with Gasteiger partial charge in [-0.3, -0.25) is 9.59 Å². The largest absolute Gasteiger partial charge is 0.495 e. The van der Waals surface area contributed by atoms with E-state index in [1.807, 2.05) is 60.7 Å². The Morgan fingerprint density at radius 3 is 1.32 bits per heavy atom. The molecule has 172 valence electrons. The van der Waals surface area contributed by atoms with Crippen molar-refractivity contribution in [1.82, 2.24) is 0 Å². The molecule has 6 nitrogen and oxygen atoms in total. The fraction of sp³-hybridized carbons (Fsp3) is 0.143. The minimum atomic E-state index is -0.197. The van der Waals surface area contributed by atoms with Crippen LogP contribution in [-0.4, -0.2) is 40.1 Å². The number of anilines is 2. The van der Waals surface area contributed by atoms with Crippen LogP contribution < -0.4 is 19.3 Å². The second-order valence-corrected chi connectivity index (χ2v) is 7.79. The van der Waals surface area contributed by atoms with Crippen molar-refractivity contribution in [3.05, 3.63) is 96.1 Å². The van der Waals surface area contributed by atoms with E-state index in [-0.39, 0.29) is 11.8 Å². The Morgan fingerprint density at radius 2 is 0.971 bits per heavy atom. The lowest BCUT2D eigenvalue weighted by Crippen LogP contribution is -2.29. The zero-order chi connectivity index (χ0) is 24.2. The lowest BCUT2D eigenvalue weighted by Gasteiger charge is -2.27. The first kappa shape index (κ1) is 22.9. The third kappa shape index (κ3) is 4.06. The fourth-order valence-electron chi connectivity index (χ4n) is 4.09. The van der Waals surface area contributed by atoms with Gasteiger partial charge in [0, 0.05) is 30.6 Å². The summed E-state index contributed by atoms with van der Waals surface area (Å²) in [6, 6.07) is 25.5. The van der Waals surface area contributed by atoms with Gasteiger partial charge in [-0.2, -0.15) is 0 Å². The summed E-state index contributed by atoms with van der Waals surface area (Å²) in [6.07, 6.45) is 0. The molecule has 0 aliphatic rings. The van der Waals surface area contributed by atoms with Crippen molar-refractivity contribution in [3.8, 4) is 11.5 Å². The van der Waals surface area contributed by atoms with Crippen molar-refractivity contribution in [2.75, 3.05) is 38.1 Å². The average molecular weight is 455 g/mol. The van der Waals surface area contributed by atoms with Gasteiger partial charge in [-0.25, -0.2) is 0 Å². The molecule has 0 heterocycles. The molecule has 0 aromatic heterocycles. The summed E-state index contributed by atoms with van der Waals surface area (Å²) in [4.78, 5) is 29.9. The van der Waals surface area contributed by atoms with E-state index in [0.29, 0.717) is 39.4 Å². The highest BCUT2D eigenvalue weighted by Crippen LogP contribution is 2.45. The average Bonchev–Trinajstić information content (AvgIpc) is 2.90. The first-order valence-corrected chi connectivity index (χ1v) is 10.8. The van der Waals surface area contributed by atoms with E-state index in [9.17, 15) is 9.59 Å². The maximum atomic E-state index is 13.4. The Labute approximate surface area is 198 Å². The van der Waals surface area contributed by atoms with Gasteiger partial charge in [-0.05, 0) is 41.8 Å². The van der Waals surface area contributed by atoms with Crippen molar-refractivity contribution in [3.63, 3.8) is 0 Å². The van der Waals surface area contributed by atoms with Crippen LogP contribution in [0.2, 0.25) is 0 Å². The van der Waals surface area contributed by atoms with E-state index in [4.69, 9.17) is 9.47 Å². The van der Waals surface area contributed by atoms with Gasteiger partial charge in [0.2, 0.25) is 0 Å². The number of amides is 2. The van der Waals surface area contributed by atoms with Crippen LogP contribution in [0.3, 0.4) is 0 Å². The molecular weight excluding hydrogens is 428 g/mol. The fourth-order valence-corrected chi connectivity index (χ4v) is 4.09. The Kier molecular flexibility index (Phi) is 6.50. The number of rotatable bonds is 6. The maximum absolute atomic E-state index is 13.4. The van der Waals surface area contributed by atoms with Gasteiger partial charge >= 0.3 is 0 Å². The van der Waals surface area contributed by atoms with E-state index in [1.54, 1.807) is 62.4 Å². The highest BCUT2D eigenvalue weighted by Gasteiger charge is 2.27. The molecule has 0 saturated carbocycles. The maximum Gasteiger partial charge on any atom is 0.258 e. The molecule has 0 unspecified atom stereocenters. The van der Waals surface area contributed by atoms with Crippen molar-refractivity contribution in [1.29, 1.82) is 0 Å². The van der Waals surface area contributed by atoms with Crippen LogP contribution in [0.15, 0.2) is 84.9 Å². The van der Waals surface area contributed by atoms with Crippen LogP contribution >= 0.6 is 0 Å². The third-order valence-electron chi connectivity index (χ3n) is 5.82. The van der Waals surface area contributed by atoms with Gasteiger partial charge in [0.25, 0.3) is 11.8 Å². The standard InChI is InChI=1S/C28H26N2O4/c1-29(27(31)20-11-7-5-8-12-20)25-22(33-3)17-15-19-16-18-23(34-4)26(24(19)25)30(2)28(32)21-13-9-6-10-14-21/h5-18H,1-4H3. The highest BCUT2D eigenvalue weighted by molar-refractivity contribution is 6.19. The van der Waals surface area contributed by atoms with Gasteiger partial charge in [-0.1, -0.05) is 48.5 Å². The van der Waals surface area contributed by atoms with E-state index < -0.39 is 0 Å². The second kappa shape index (κ2) is 9.67. The molecule has 0 saturated heterocycles. The Morgan fingerprint density at radius 1 is 0.588 bits per heavy atom. The number of carbonyl (C=O) groups is 2. The van der Waals surface area contributed by atoms with E-state index in [0.717, 1.165) is 5.39 Å². The molecule has 0 spiro atoms. The molecule has 0 bridgehead atoms. The molecule has 4 rings (SSSR count). The number of benzene rings is 4. The Bertz CT molecular complexity index is 1240. The smallest absolute Gasteiger partial charge is 0.258 e. The summed E-state index contributed by atoms with van der Waals surface area (Å²) >= 11 is 0. The van der Waals surface area contributed by atoms with Crippen molar-refractivity contribution in [2.45, 2.75) is 0 Å². The Balaban J connectivity index is 1.97. The van der Waals surface area contributed by atoms with Crippen LogP contribution in [0.1, 0.15) is 20.7 Å². The molecule has 0 aliphatic carbocycles. The van der Waals surface area contributed by atoms with Gasteiger partial charge in [-0.15, -0.1) is 0 Å². The second-order valence-electron chi connectivity index (χ2n) is 7.79. The number of fused-ring (bicyclic) bond motifs is 1. The monoisotopic (exact) mass is 454 g/mol. The molecule has 2 amide bonds. The highest BCUT2D eigenvalue weighted by atomic mass is 16.5. The molecular formula is C28H26N2O4. The minimum absolute atomic E-state index is 0.197. The molecule has 0 aliphatic heterocycles. The summed E-state index contributed by atoms with van der Waals surface area (Å²) in [5, 5.41) is 1.52.